The number of rotatable bonds is 3. The first-order chi connectivity index (χ1) is 14.6. The van der Waals surface area contributed by atoms with E-state index < -0.39 is 11.9 Å². The van der Waals surface area contributed by atoms with E-state index in [1.807, 2.05) is 12.1 Å². The van der Waals surface area contributed by atoms with Crippen LogP contribution in [0.2, 0.25) is 5.02 Å². The van der Waals surface area contributed by atoms with Crippen molar-refractivity contribution >= 4 is 34.3 Å². The van der Waals surface area contributed by atoms with Crippen molar-refractivity contribution in [1.29, 1.82) is 0 Å². The van der Waals surface area contributed by atoms with Crippen molar-refractivity contribution in [3.8, 4) is 5.75 Å². The van der Waals surface area contributed by atoms with E-state index in [0.29, 0.717) is 27.6 Å². The van der Waals surface area contributed by atoms with Crippen LogP contribution in [0.5, 0.6) is 5.75 Å². The molecule has 1 aliphatic rings. The second-order valence-electron chi connectivity index (χ2n) is 6.85. The molecule has 0 fully saturated rings. The van der Waals surface area contributed by atoms with E-state index in [9.17, 15) is 9.59 Å². The summed E-state index contributed by atoms with van der Waals surface area (Å²) in [5, 5.41) is 0.747. The molecule has 0 radical (unpaired) electrons. The molecule has 30 heavy (non-hydrogen) atoms. The highest BCUT2D eigenvalue weighted by Crippen LogP contribution is 2.40. The molecule has 3 heterocycles. The van der Waals surface area contributed by atoms with Gasteiger partial charge in [-0.3, -0.25) is 14.5 Å². The number of hydrogen-bond acceptors (Lipinski definition) is 5. The number of halogens is 1. The Balaban J connectivity index is 1.80. The molecular formula is C23H15ClN2O4. The van der Waals surface area contributed by atoms with Gasteiger partial charge < -0.3 is 9.15 Å². The summed E-state index contributed by atoms with van der Waals surface area (Å²) in [7, 11) is 1.58. The van der Waals surface area contributed by atoms with Crippen molar-refractivity contribution in [2.75, 3.05) is 12.0 Å². The van der Waals surface area contributed by atoms with Gasteiger partial charge in [0.25, 0.3) is 5.91 Å². The summed E-state index contributed by atoms with van der Waals surface area (Å²) >= 11 is 6.10. The Morgan fingerprint density at radius 3 is 2.57 bits per heavy atom. The fourth-order valence-corrected chi connectivity index (χ4v) is 3.95. The summed E-state index contributed by atoms with van der Waals surface area (Å²) in [6, 6.07) is 16.6. The second-order valence-corrected chi connectivity index (χ2v) is 7.29. The maximum absolute atomic E-state index is 13.5. The minimum absolute atomic E-state index is 0.0151. The lowest BCUT2D eigenvalue weighted by molar-refractivity contribution is 0.0970. The fraction of sp³-hybridized carbons (Fsp3) is 0.0870. The molecule has 0 unspecified atom stereocenters. The van der Waals surface area contributed by atoms with Crippen LogP contribution in [0.15, 0.2) is 76.1 Å². The second kappa shape index (κ2) is 7.00. The van der Waals surface area contributed by atoms with Gasteiger partial charge in [0.15, 0.2) is 5.43 Å². The molecule has 0 spiro atoms. The van der Waals surface area contributed by atoms with Gasteiger partial charge in [-0.05, 0) is 48.0 Å². The summed E-state index contributed by atoms with van der Waals surface area (Å²) in [6.07, 6.45) is 1.60. The van der Waals surface area contributed by atoms with Crippen LogP contribution in [0.1, 0.15) is 27.7 Å². The quantitative estimate of drug-likeness (QED) is 0.486. The fourth-order valence-electron chi connectivity index (χ4n) is 3.78. The molecule has 2 aromatic heterocycles. The molecule has 1 atom stereocenters. The first kappa shape index (κ1) is 18.4. The van der Waals surface area contributed by atoms with E-state index in [2.05, 4.69) is 4.98 Å². The van der Waals surface area contributed by atoms with Crippen molar-refractivity contribution < 1.29 is 13.9 Å². The third-order valence-corrected chi connectivity index (χ3v) is 5.39. The molecule has 6 nitrogen and oxygen atoms in total. The Kier molecular flexibility index (Phi) is 4.29. The molecule has 0 aliphatic carbocycles. The smallest absolute Gasteiger partial charge is 0.296 e. The molecule has 2 aromatic carbocycles. The highest BCUT2D eigenvalue weighted by atomic mass is 35.5. The van der Waals surface area contributed by atoms with E-state index >= 15 is 0 Å². The predicted octanol–water partition coefficient (Wildman–Crippen LogP) is 4.60. The number of anilines is 1. The number of pyridine rings is 1. The van der Waals surface area contributed by atoms with Gasteiger partial charge in [-0.1, -0.05) is 29.8 Å². The number of hydrogen-bond donors (Lipinski definition) is 0. The summed E-state index contributed by atoms with van der Waals surface area (Å²) in [6.45, 7) is 0. The monoisotopic (exact) mass is 418 g/mol. The zero-order chi connectivity index (χ0) is 20.8. The van der Waals surface area contributed by atoms with Gasteiger partial charge in [-0.15, -0.1) is 0 Å². The van der Waals surface area contributed by atoms with Crippen LogP contribution in [0.25, 0.3) is 11.0 Å². The lowest BCUT2D eigenvalue weighted by Crippen LogP contribution is -2.30. The minimum Gasteiger partial charge on any atom is -0.497 e. The van der Waals surface area contributed by atoms with Crippen LogP contribution < -0.4 is 15.1 Å². The molecule has 4 aromatic rings. The standard InChI is InChI=1S/C23H15ClN2O4/c1-29-15-8-5-13(6-9-15)20-19-21(27)16-12-14(24)7-10-17(16)30-22(19)23(28)26(20)18-4-2-3-11-25-18/h2-12,20H,1H3/t20-/m1/s1. The molecule has 0 N–H and O–H groups in total. The van der Waals surface area contributed by atoms with E-state index in [1.54, 1.807) is 61.8 Å². The van der Waals surface area contributed by atoms with Gasteiger partial charge in [0.05, 0.1) is 24.1 Å². The first-order valence-corrected chi connectivity index (χ1v) is 9.61. The number of nitrogens with zero attached hydrogens (tertiary/aromatic N) is 2. The van der Waals surface area contributed by atoms with E-state index in [1.165, 1.54) is 4.90 Å². The number of methoxy groups -OCH3 is 1. The average Bonchev–Trinajstić information content (AvgIpc) is 3.07. The Labute approximate surface area is 176 Å². The van der Waals surface area contributed by atoms with Gasteiger partial charge in [0.1, 0.15) is 17.2 Å². The van der Waals surface area contributed by atoms with Crippen LogP contribution in [-0.4, -0.2) is 18.0 Å². The topological polar surface area (TPSA) is 72.6 Å². The number of benzene rings is 2. The Morgan fingerprint density at radius 1 is 1.07 bits per heavy atom. The molecular weight excluding hydrogens is 404 g/mol. The molecule has 148 valence electrons. The molecule has 5 rings (SSSR count). The molecule has 1 amide bonds. The highest BCUT2D eigenvalue weighted by Gasteiger charge is 2.44. The van der Waals surface area contributed by atoms with Crippen molar-refractivity contribution in [2.24, 2.45) is 0 Å². The van der Waals surface area contributed by atoms with E-state index in [-0.39, 0.29) is 16.8 Å². The Hall–Kier alpha value is -3.64. The molecule has 1 aliphatic heterocycles. The average molecular weight is 419 g/mol. The number of aromatic nitrogens is 1. The van der Waals surface area contributed by atoms with E-state index in [0.717, 1.165) is 5.56 Å². The third kappa shape index (κ3) is 2.76. The number of amides is 1. The van der Waals surface area contributed by atoms with Crippen molar-refractivity contribution in [3.63, 3.8) is 0 Å². The minimum atomic E-state index is -0.687. The number of carbonyl (C=O) groups is 1. The third-order valence-electron chi connectivity index (χ3n) is 5.16. The Morgan fingerprint density at radius 2 is 1.87 bits per heavy atom. The van der Waals surface area contributed by atoms with Gasteiger partial charge in [-0.25, -0.2) is 4.98 Å². The molecule has 0 bridgehead atoms. The maximum Gasteiger partial charge on any atom is 0.296 e. The normalized spacial score (nSPS) is 15.5. The van der Waals surface area contributed by atoms with Crippen molar-refractivity contribution in [1.82, 2.24) is 4.98 Å². The van der Waals surface area contributed by atoms with Crippen LogP contribution >= 0.6 is 11.6 Å². The van der Waals surface area contributed by atoms with Crippen LogP contribution in [0, 0.1) is 0 Å². The lowest BCUT2D eigenvalue weighted by Gasteiger charge is -2.24. The van der Waals surface area contributed by atoms with Crippen molar-refractivity contribution in [3.05, 3.63) is 99.0 Å². The number of ether oxygens (including phenoxy) is 1. The summed E-state index contributed by atoms with van der Waals surface area (Å²) < 4.78 is 11.1. The largest absolute Gasteiger partial charge is 0.497 e. The summed E-state index contributed by atoms with van der Waals surface area (Å²) in [5.41, 5.74) is 1.03. The molecule has 0 saturated carbocycles. The number of fused-ring (bicyclic) bond motifs is 2. The Bertz CT molecular complexity index is 1330. The van der Waals surface area contributed by atoms with Gasteiger partial charge in [0, 0.05) is 11.2 Å². The SMILES string of the molecule is COc1ccc([C@@H]2c3c(oc4ccc(Cl)cc4c3=O)C(=O)N2c2ccccn2)cc1. The van der Waals surface area contributed by atoms with Gasteiger partial charge >= 0.3 is 0 Å². The number of carbonyl (C=O) groups excluding carboxylic acids is 1. The molecule has 7 heteroatoms. The molecule has 0 saturated heterocycles. The maximum atomic E-state index is 13.5. The van der Waals surface area contributed by atoms with Crippen molar-refractivity contribution in [2.45, 2.75) is 6.04 Å². The summed E-state index contributed by atoms with van der Waals surface area (Å²) in [5.74, 6) is 0.695. The summed E-state index contributed by atoms with van der Waals surface area (Å²) in [4.78, 5) is 32.6. The predicted molar refractivity (Wildman–Crippen MR) is 113 cm³/mol. The zero-order valence-electron chi connectivity index (χ0n) is 15.8. The van der Waals surface area contributed by atoms with Crippen LogP contribution in [0.4, 0.5) is 5.82 Å². The lowest BCUT2D eigenvalue weighted by atomic mass is 9.98. The van der Waals surface area contributed by atoms with Crippen LogP contribution in [0.3, 0.4) is 0 Å². The van der Waals surface area contributed by atoms with Crippen LogP contribution in [-0.2, 0) is 0 Å². The van der Waals surface area contributed by atoms with E-state index in [4.69, 9.17) is 20.8 Å². The van der Waals surface area contributed by atoms with Gasteiger partial charge in [-0.2, -0.15) is 0 Å². The first-order valence-electron chi connectivity index (χ1n) is 9.23. The highest BCUT2D eigenvalue weighted by molar-refractivity contribution is 6.31. The van der Waals surface area contributed by atoms with Gasteiger partial charge in [0.2, 0.25) is 5.76 Å². The zero-order valence-corrected chi connectivity index (χ0v) is 16.6.